The number of nitrogens with one attached hydrogen (secondary N) is 1. The SMILES string of the molecule is O=C(CS[C@@H]1CCCCc2ccccc21)NC1CCOCC1. The van der Waals surface area contributed by atoms with Gasteiger partial charge in [0.15, 0.2) is 0 Å². The van der Waals surface area contributed by atoms with Crippen LogP contribution in [0, 0.1) is 0 Å². The van der Waals surface area contributed by atoms with Crippen molar-refractivity contribution in [1.82, 2.24) is 5.32 Å². The Morgan fingerprint density at radius 3 is 2.86 bits per heavy atom. The zero-order chi connectivity index (χ0) is 15.2. The van der Waals surface area contributed by atoms with Gasteiger partial charge in [-0.15, -0.1) is 11.8 Å². The van der Waals surface area contributed by atoms with Gasteiger partial charge in [-0.2, -0.15) is 0 Å². The van der Waals surface area contributed by atoms with E-state index in [0.717, 1.165) is 26.1 Å². The summed E-state index contributed by atoms with van der Waals surface area (Å²) in [6.45, 7) is 1.54. The number of ether oxygens (including phenoxy) is 1. The Kier molecular flexibility index (Phi) is 5.79. The standard InChI is InChI=1S/C18H25NO2S/c20-18(19-15-9-11-21-12-10-15)13-22-17-8-4-2-6-14-5-1-3-7-16(14)17/h1,3,5,7,15,17H,2,4,6,8-13H2,(H,19,20)/t17-/m1/s1. The molecule has 3 nitrogen and oxygen atoms in total. The van der Waals surface area contributed by atoms with Crippen LogP contribution in [0.3, 0.4) is 0 Å². The van der Waals surface area contributed by atoms with Crippen molar-refractivity contribution in [2.45, 2.75) is 49.8 Å². The number of thioether (sulfide) groups is 1. The third-order valence-electron chi connectivity index (χ3n) is 4.57. The molecule has 1 atom stereocenters. The third-order valence-corrected chi connectivity index (χ3v) is 5.89. The van der Waals surface area contributed by atoms with E-state index in [2.05, 4.69) is 29.6 Å². The van der Waals surface area contributed by atoms with Crippen LogP contribution < -0.4 is 5.32 Å². The van der Waals surface area contributed by atoms with Gasteiger partial charge in [-0.25, -0.2) is 0 Å². The van der Waals surface area contributed by atoms with Gasteiger partial charge in [0.2, 0.25) is 5.91 Å². The van der Waals surface area contributed by atoms with Crippen LogP contribution in [0.4, 0.5) is 0 Å². The van der Waals surface area contributed by atoms with Crippen molar-refractivity contribution in [3.05, 3.63) is 35.4 Å². The van der Waals surface area contributed by atoms with Gasteiger partial charge >= 0.3 is 0 Å². The number of hydrogen-bond donors (Lipinski definition) is 1. The molecule has 0 radical (unpaired) electrons. The first-order chi connectivity index (χ1) is 10.8. The van der Waals surface area contributed by atoms with Crippen molar-refractivity contribution < 1.29 is 9.53 Å². The Bertz CT molecular complexity index is 500. The van der Waals surface area contributed by atoms with Gasteiger partial charge in [0.05, 0.1) is 5.75 Å². The average molecular weight is 319 g/mol. The largest absolute Gasteiger partial charge is 0.381 e. The van der Waals surface area contributed by atoms with Crippen molar-refractivity contribution >= 4 is 17.7 Å². The Hall–Kier alpha value is -1.00. The zero-order valence-corrected chi connectivity index (χ0v) is 13.9. The van der Waals surface area contributed by atoms with Crippen LogP contribution in [0.15, 0.2) is 24.3 Å². The molecule has 4 heteroatoms. The molecule has 1 amide bonds. The number of carbonyl (C=O) groups excluding carboxylic acids is 1. The molecule has 0 saturated carbocycles. The van der Waals surface area contributed by atoms with Crippen LogP contribution in [0.25, 0.3) is 0 Å². The molecule has 0 bridgehead atoms. The van der Waals surface area contributed by atoms with Gasteiger partial charge in [-0.1, -0.05) is 30.7 Å². The molecular formula is C18H25NO2S. The predicted molar refractivity (Wildman–Crippen MR) is 91.2 cm³/mol. The molecule has 1 heterocycles. The molecule has 0 aromatic heterocycles. The van der Waals surface area contributed by atoms with E-state index in [1.165, 1.54) is 36.8 Å². The highest BCUT2D eigenvalue weighted by molar-refractivity contribution is 8.00. The van der Waals surface area contributed by atoms with Gasteiger partial charge in [-0.05, 0) is 43.2 Å². The minimum atomic E-state index is 0.179. The molecule has 0 unspecified atom stereocenters. The number of aryl methyl sites for hydroxylation is 1. The van der Waals surface area contributed by atoms with Crippen LogP contribution in [0.1, 0.15) is 48.5 Å². The molecule has 2 aliphatic rings. The molecule has 1 aromatic rings. The summed E-state index contributed by atoms with van der Waals surface area (Å²) in [5, 5.41) is 3.63. The molecular weight excluding hydrogens is 294 g/mol. The van der Waals surface area contributed by atoms with E-state index in [9.17, 15) is 4.79 Å². The molecule has 1 N–H and O–H groups in total. The Morgan fingerprint density at radius 1 is 1.18 bits per heavy atom. The monoisotopic (exact) mass is 319 g/mol. The first-order valence-electron chi connectivity index (χ1n) is 8.39. The lowest BCUT2D eigenvalue weighted by Crippen LogP contribution is -2.39. The van der Waals surface area contributed by atoms with Gasteiger partial charge in [0.25, 0.3) is 0 Å². The van der Waals surface area contributed by atoms with Crippen molar-refractivity contribution in [3.63, 3.8) is 0 Å². The lowest BCUT2D eigenvalue weighted by Gasteiger charge is -2.23. The van der Waals surface area contributed by atoms with Crippen LogP contribution >= 0.6 is 11.8 Å². The van der Waals surface area contributed by atoms with Gasteiger partial charge in [-0.3, -0.25) is 4.79 Å². The number of benzene rings is 1. The van der Waals surface area contributed by atoms with Crippen molar-refractivity contribution in [3.8, 4) is 0 Å². The van der Waals surface area contributed by atoms with E-state index >= 15 is 0 Å². The zero-order valence-electron chi connectivity index (χ0n) is 13.1. The first kappa shape index (κ1) is 15.9. The maximum absolute atomic E-state index is 12.2. The van der Waals surface area contributed by atoms with Crippen LogP contribution in [0.5, 0.6) is 0 Å². The fourth-order valence-electron chi connectivity index (χ4n) is 3.34. The van der Waals surface area contributed by atoms with E-state index in [1.807, 2.05) is 0 Å². The molecule has 3 rings (SSSR count). The predicted octanol–water partition coefficient (Wildman–Crippen LogP) is 3.48. The summed E-state index contributed by atoms with van der Waals surface area (Å²) in [5.41, 5.74) is 2.92. The summed E-state index contributed by atoms with van der Waals surface area (Å²) >= 11 is 1.81. The van der Waals surface area contributed by atoms with E-state index in [1.54, 1.807) is 11.8 Å². The Balaban J connectivity index is 1.53. The molecule has 120 valence electrons. The summed E-state index contributed by atoms with van der Waals surface area (Å²) < 4.78 is 5.33. The first-order valence-corrected chi connectivity index (χ1v) is 9.44. The minimum absolute atomic E-state index is 0.179. The topological polar surface area (TPSA) is 38.3 Å². The highest BCUT2D eigenvalue weighted by Crippen LogP contribution is 2.38. The second-order valence-corrected chi connectivity index (χ2v) is 7.39. The van der Waals surface area contributed by atoms with Crippen molar-refractivity contribution in [2.24, 2.45) is 0 Å². The Morgan fingerprint density at radius 2 is 2.00 bits per heavy atom. The third kappa shape index (κ3) is 4.26. The number of fused-ring (bicyclic) bond motifs is 1. The van der Waals surface area contributed by atoms with E-state index in [4.69, 9.17) is 4.74 Å². The molecule has 1 aliphatic carbocycles. The maximum Gasteiger partial charge on any atom is 0.230 e. The fraction of sp³-hybridized carbons (Fsp3) is 0.611. The van der Waals surface area contributed by atoms with Crippen molar-refractivity contribution in [1.29, 1.82) is 0 Å². The van der Waals surface area contributed by atoms with Gasteiger partial charge in [0.1, 0.15) is 0 Å². The van der Waals surface area contributed by atoms with Crippen LogP contribution in [-0.2, 0) is 16.0 Å². The molecule has 22 heavy (non-hydrogen) atoms. The normalized spacial score (nSPS) is 22.6. The number of amides is 1. The smallest absolute Gasteiger partial charge is 0.230 e. The highest BCUT2D eigenvalue weighted by atomic mass is 32.2. The Labute approximate surface area is 137 Å². The quantitative estimate of drug-likeness (QED) is 0.864. The lowest BCUT2D eigenvalue weighted by atomic mass is 10.0. The molecule has 1 aliphatic heterocycles. The fourth-order valence-corrected chi connectivity index (χ4v) is 4.52. The van der Waals surface area contributed by atoms with Crippen LogP contribution in [-0.4, -0.2) is 30.9 Å². The minimum Gasteiger partial charge on any atom is -0.381 e. The summed E-state index contributed by atoms with van der Waals surface area (Å²) in [4.78, 5) is 12.2. The highest BCUT2D eigenvalue weighted by Gasteiger charge is 2.21. The maximum atomic E-state index is 12.2. The summed E-state index contributed by atoms with van der Waals surface area (Å²) in [6, 6.07) is 9.05. The number of rotatable bonds is 4. The second kappa shape index (κ2) is 8.02. The van der Waals surface area contributed by atoms with Crippen molar-refractivity contribution in [2.75, 3.05) is 19.0 Å². The average Bonchev–Trinajstić information content (AvgIpc) is 2.76. The lowest BCUT2D eigenvalue weighted by molar-refractivity contribution is -0.119. The summed E-state index contributed by atoms with van der Waals surface area (Å²) in [5.74, 6) is 0.745. The van der Waals surface area contributed by atoms with Crippen LogP contribution in [0.2, 0.25) is 0 Å². The number of hydrogen-bond acceptors (Lipinski definition) is 3. The number of carbonyl (C=O) groups is 1. The summed E-state index contributed by atoms with van der Waals surface area (Å²) in [6.07, 6.45) is 6.79. The molecule has 1 fully saturated rings. The summed E-state index contributed by atoms with van der Waals surface area (Å²) in [7, 11) is 0. The van der Waals surface area contributed by atoms with Gasteiger partial charge < -0.3 is 10.1 Å². The van der Waals surface area contributed by atoms with E-state index in [-0.39, 0.29) is 5.91 Å². The molecule has 1 aromatic carbocycles. The molecule has 0 spiro atoms. The van der Waals surface area contributed by atoms with E-state index in [0.29, 0.717) is 17.0 Å². The van der Waals surface area contributed by atoms with E-state index < -0.39 is 0 Å². The van der Waals surface area contributed by atoms with Gasteiger partial charge in [0, 0.05) is 24.5 Å². The molecule has 1 saturated heterocycles. The second-order valence-electron chi connectivity index (χ2n) is 6.20.